The fourth-order valence-electron chi connectivity index (χ4n) is 2.87. The molecule has 0 heterocycles. The first-order valence-corrected chi connectivity index (χ1v) is 7.61. The number of nitrogens with one attached hydrogen (secondary N) is 1. The van der Waals surface area contributed by atoms with Crippen molar-refractivity contribution in [3.05, 3.63) is 12.2 Å². The van der Waals surface area contributed by atoms with Gasteiger partial charge in [0, 0.05) is 11.6 Å². The number of amides is 1. The van der Waals surface area contributed by atoms with Gasteiger partial charge in [-0.05, 0) is 32.1 Å². The Morgan fingerprint density at radius 1 is 1.28 bits per heavy atom. The molecule has 1 aliphatic rings. The maximum absolute atomic E-state index is 11.8. The minimum atomic E-state index is 0.0436. The van der Waals surface area contributed by atoms with Crippen LogP contribution in [0.5, 0.6) is 0 Å². The topological polar surface area (TPSA) is 29.1 Å². The van der Waals surface area contributed by atoms with Gasteiger partial charge in [-0.25, -0.2) is 0 Å². The quantitative estimate of drug-likeness (QED) is 0.533. The molecular formula is C16H29NO. The number of carbonyl (C=O) groups excluding carboxylic acids is 1. The first-order chi connectivity index (χ1) is 8.65. The van der Waals surface area contributed by atoms with Crippen molar-refractivity contribution in [3.8, 4) is 0 Å². The van der Waals surface area contributed by atoms with Gasteiger partial charge in [0.05, 0.1) is 0 Å². The number of hydrogen-bond donors (Lipinski definition) is 1. The van der Waals surface area contributed by atoms with E-state index in [1.165, 1.54) is 51.4 Å². The Morgan fingerprint density at radius 3 is 2.50 bits per heavy atom. The summed E-state index contributed by atoms with van der Waals surface area (Å²) in [6.07, 6.45) is 11.5. The minimum Gasteiger partial charge on any atom is -0.349 e. The van der Waals surface area contributed by atoms with Gasteiger partial charge in [-0.2, -0.15) is 0 Å². The maximum Gasteiger partial charge on any atom is 0.246 e. The minimum absolute atomic E-state index is 0.0436. The lowest BCUT2D eigenvalue weighted by atomic mass is 9.82. The second-order valence-corrected chi connectivity index (χ2v) is 5.75. The maximum atomic E-state index is 11.8. The highest BCUT2D eigenvalue weighted by molar-refractivity contribution is 5.92. The molecule has 0 radical (unpaired) electrons. The third-order valence-corrected chi connectivity index (χ3v) is 4.04. The van der Waals surface area contributed by atoms with Crippen molar-refractivity contribution in [2.24, 2.45) is 5.92 Å². The van der Waals surface area contributed by atoms with Crippen LogP contribution in [-0.4, -0.2) is 11.9 Å². The molecule has 1 N–H and O–H groups in total. The molecule has 0 aromatic carbocycles. The van der Waals surface area contributed by atoms with E-state index in [9.17, 15) is 4.79 Å². The molecule has 0 bridgehead atoms. The highest BCUT2D eigenvalue weighted by Gasteiger charge is 2.24. The molecule has 104 valence electrons. The SMILES string of the molecule is C=C(C)C(=O)NC(CCCCC)C1CCCCC1. The molecule has 1 rings (SSSR count). The second kappa shape index (κ2) is 8.34. The zero-order chi connectivity index (χ0) is 13.4. The second-order valence-electron chi connectivity index (χ2n) is 5.75. The fraction of sp³-hybridized carbons (Fsp3) is 0.812. The van der Waals surface area contributed by atoms with Crippen molar-refractivity contribution >= 4 is 5.91 Å². The van der Waals surface area contributed by atoms with Crippen molar-refractivity contribution in [2.75, 3.05) is 0 Å². The largest absolute Gasteiger partial charge is 0.349 e. The van der Waals surface area contributed by atoms with Crippen LogP contribution in [0.3, 0.4) is 0 Å². The standard InChI is InChI=1S/C16H29NO/c1-4-5-7-12-15(17-16(18)13(2)3)14-10-8-6-9-11-14/h14-15H,2,4-12H2,1,3H3,(H,17,18). The van der Waals surface area contributed by atoms with Crippen LogP contribution in [0.4, 0.5) is 0 Å². The van der Waals surface area contributed by atoms with Gasteiger partial charge in [0.25, 0.3) is 0 Å². The zero-order valence-electron chi connectivity index (χ0n) is 12.1. The molecular weight excluding hydrogens is 222 g/mol. The van der Waals surface area contributed by atoms with E-state index in [1.807, 2.05) is 0 Å². The van der Waals surface area contributed by atoms with Crippen LogP contribution in [0.2, 0.25) is 0 Å². The van der Waals surface area contributed by atoms with Gasteiger partial charge in [-0.3, -0.25) is 4.79 Å². The summed E-state index contributed by atoms with van der Waals surface area (Å²) < 4.78 is 0. The van der Waals surface area contributed by atoms with E-state index in [-0.39, 0.29) is 5.91 Å². The Morgan fingerprint density at radius 2 is 1.94 bits per heavy atom. The third-order valence-electron chi connectivity index (χ3n) is 4.04. The number of hydrogen-bond acceptors (Lipinski definition) is 1. The first-order valence-electron chi connectivity index (χ1n) is 7.61. The molecule has 1 fully saturated rings. The van der Waals surface area contributed by atoms with E-state index in [4.69, 9.17) is 0 Å². The highest BCUT2D eigenvalue weighted by Crippen LogP contribution is 2.28. The molecule has 0 aliphatic heterocycles. The van der Waals surface area contributed by atoms with Crippen LogP contribution in [0.25, 0.3) is 0 Å². The molecule has 2 heteroatoms. The van der Waals surface area contributed by atoms with E-state index in [0.717, 1.165) is 6.42 Å². The number of unbranched alkanes of at least 4 members (excludes halogenated alkanes) is 2. The Balaban J connectivity index is 2.49. The van der Waals surface area contributed by atoms with Crippen LogP contribution in [-0.2, 0) is 4.79 Å². The van der Waals surface area contributed by atoms with Crippen molar-refractivity contribution in [1.82, 2.24) is 5.32 Å². The summed E-state index contributed by atoms with van der Waals surface area (Å²) in [7, 11) is 0. The van der Waals surface area contributed by atoms with Crippen LogP contribution in [0, 0.1) is 5.92 Å². The average Bonchev–Trinajstić information content (AvgIpc) is 2.38. The van der Waals surface area contributed by atoms with Crippen molar-refractivity contribution in [2.45, 2.75) is 77.7 Å². The van der Waals surface area contributed by atoms with Gasteiger partial charge < -0.3 is 5.32 Å². The molecule has 1 aliphatic carbocycles. The molecule has 0 spiro atoms. The zero-order valence-corrected chi connectivity index (χ0v) is 12.1. The van der Waals surface area contributed by atoms with Gasteiger partial charge in [-0.1, -0.05) is 52.0 Å². The number of carbonyl (C=O) groups is 1. The summed E-state index contributed by atoms with van der Waals surface area (Å²) in [6.45, 7) is 7.75. The molecule has 18 heavy (non-hydrogen) atoms. The summed E-state index contributed by atoms with van der Waals surface area (Å²) in [5.41, 5.74) is 0.631. The predicted molar refractivity (Wildman–Crippen MR) is 77.5 cm³/mol. The summed E-state index contributed by atoms with van der Waals surface area (Å²) in [6, 6.07) is 0.376. The van der Waals surface area contributed by atoms with Crippen LogP contribution < -0.4 is 5.32 Å². The van der Waals surface area contributed by atoms with E-state index in [0.29, 0.717) is 17.5 Å². The summed E-state index contributed by atoms with van der Waals surface area (Å²) in [5.74, 6) is 0.737. The summed E-state index contributed by atoms with van der Waals surface area (Å²) in [4.78, 5) is 11.8. The van der Waals surface area contributed by atoms with E-state index < -0.39 is 0 Å². The average molecular weight is 251 g/mol. The smallest absolute Gasteiger partial charge is 0.246 e. The van der Waals surface area contributed by atoms with Gasteiger partial charge in [-0.15, -0.1) is 0 Å². The van der Waals surface area contributed by atoms with E-state index >= 15 is 0 Å². The van der Waals surface area contributed by atoms with E-state index in [2.05, 4.69) is 18.8 Å². The first kappa shape index (κ1) is 15.3. The van der Waals surface area contributed by atoms with Crippen LogP contribution in [0.1, 0.15) is 71.6 Å². The molecule has 0 saturated heterocycles. The highest BCUT2D eigenvalue weighted by atomic mass is 16.1. The normalized spacial score (nSPS) is 18.3. The lowest BCUT2D eigenvalue weighted by Crippen LogP contribution is -2.41. The molecule has 1 saturated carbocycles. The lowest BCUT2D eigenvalue weighted by molar-refractivity contribution is -0.118. The van der Waals surface area contributed by atoms with Crippen molar-refractivity contribution in [3.63, 3.8) is 0 Å². The molecule has 1 amide bonds. The fourth-order valence-corrected chi connectivity index (χ4v) is 2.87. The number of rotatable bonds is 7. The lowest BCUT2D eigenvalue weighted by Gasteiger charge is -2.31. The molecule has 2 nitrogen and oxygen atoms in total. The Labute approximate surface area is 112 Å². The Bertz CT molecular complexity index is 266. The van der Waals surface area contributed by atoms with Crippen molar-refractivity contribution in [1.29, 1.82) is 0 Å². The van der Waals surface area contributed by atoms with Gasteiger partial charge in [0.15, 0.2) is 0 Å². The molecule has 1 atom stereocenters. The van der Waals surface area contributed by atoms with Crippen LogP contribution in [0.15, 0.2) is 12.2 Å². The van der Waals surface area contributed by atoms with E-state index in [1.54, 1.807) is 6.92 Å². The third kappa shape index (κ3) is 5.24. The summed E-state index contributed by atoms with van der Waals surface area (Å²) >= 11 is 0. The van der Waals surface area contributed by atoms with Gasteiger partial charge in [0.1, 0.15) is 0 Å². The van der Waals surface area contributed by atoms with Crippen LogP contribution >= 0.6 is 0 Å². The van der Waals surface area contributed by atoms with Gasteiger partial charge in [0.2, 0.25) is 5.91 Å². The molecule has 0 aromatic rings. The van der Waals surface area contributed by atoms with Crippen molar-refractivity contribution < 1.29 is 4.79 Å². The monoisotopic (exact) mass is 251 g/mol. The summed E-state index contributed by atoms with van der Waals surface area (Å²) in [5, 5.41) is 3.21. The predicted octanol–water partition coefficient (Wildman–Crippen LogP) is 4.21. The Kier molecular flexibility index (Phi) is 7.07. The molecule has 1 unspecified atom stereocenters. The Hall–Kier alpha value is -0.790. The van der Waals surface area contributed by atoms with Gasteiger partial charge >= 0.3 is 0 Å². The molecule has 0 aromatic heterocycles.